The topological polar surface area (TPSA) is 52.3 Å². The van der Waals surface area contributed by atoms with Crippen molar-refractivity contribution in [2.45, 2.75) is 26.2 Å². The molecule has 0 rings (SSSR count). The second-order valence-corrected chi connectivity index (χ2v) is 2.11. The Hall–Kier alpha value is -0.280. The van der Waals surface area contributed by atoms with Gasteiger partial charge in [-0.25, -0.2) is 0 Å². The van der Waals surface area contributed by atoms with E-state index in [1.54, 1.807) is 0 Å². The van der Waals surface area contributed by atoms with Crippen LogP contribution in [0, 0.1) is 0 Å². The fraction of sp³-hybridized carbons (Fsp3) is 0.857. The maximum Gasteiger partial charge on any atom is 0.307 e. The molecule has 0 aliphatic rings. The molecule has 4 heteroatoms. The van der Waals surface area contributed by atoms with E-state index in [9.17, 15) is 4.79 Å². The average molecular weight is 182 g/mol. The number of carbonyl (C=O) groups excluding carboxylic acids is 1. The molecule has 0 saturated carbocycles. The Morgan fingerprint density at radius 1 is 1.55 bits per heavy atom. The fourth-order valence-electron chi connectivity index (χ4n) is 0.520. The van der Waals surface area contributed by atoms with Gasteiger partial charge in [-0.15, -0.1) is 12.4 Å². The number of ether oxygens (including phenoxy) is 1. The molecule has 0 amide bonds. The zero-order valence-corrected chi connectivity index (χ0v) is 7.65. The Balaban J connectivity index is 0. The first-order chi connectivity index (χ1) is 4.81. The second-order valence-electron chi connectivity index (χ2n) is 2.11. The maximum atomic E-state index is 10.6. The zero-order valence-electron chi connectivity index (χ0n) is 6.84. The van der Waals surface area contributed by atoms with E-state index in [-0.39, 0.29) is 18.4 Å². The Morgan fingerprint density at radius 2 is 2.18 bits per heavy atom. The molecule has 0 unspecified atom stereocenters. The molecule has 0 atom stereocenters. The van der Waals surface area contributed by atoms with E-state index in [2.05, 4.69) is 6.92 Å². The summed E-state index contributed by atoms with van der Waals surface area (Å²) in [4.78, 5) is 10.6. The molecule has 0 aromatic carbocycles. The Morgan fingerprint density at radius 3 is 2.64 bits per heavy atom. The summed E-state index contributed by atoms with van der Waals surface area (Å²) in [6.07, 6.45) is 2.33. The van der Waals surface area contributed by atoms with Crippen LogP contribution in [0.1, 0.15) is 26.2 Å². The van der Waals surface area contributed by atoms with E-state index < -0.39 is 0 Å². The van der Waals surface area contributed by atoms with Crippen molar-refractivity contribution in [2.75, 3.05) is 13.2 Å². The van der Waals surface area contributed by atoms with Gasteiger partial charge in [-0.2, -0.15) is 0 Å². The molecule has 0 radical (unpaired) electrons. The first-order valence-corrected chi connectivity index (χ1v) is 3.67. The van der Waals surface area contributed by atoms with Gasteiger partial charge >= 0.3 is 5.97 Å². The van der Waals surface area contributed by atoms with Crippen LogP contribution in [0.4, 0.5) is 0 Å². The molecule has 0 saturated heterocycles. The van der Waals surface area contributed by atoms with Crippen LogP contribution in [0.2, 0.25) is 0 Å². The third kappa shape index (κ3) is 9.72. The molecule has 68 valence electrons. The molecule has 0 bridgehead atoms. The highest BCUT2D eigenvalue weighted by Crippen LogP contribution is 1.90. The second kappa shape index (κ2) is 9.72. The van der Waals surface area contributed by atoms with Crippen molar-refractivity contribution in [3.63, 3.8) is 0 Å². The molecule has 0 aliphatic carbocycles. The van der Waals surface area contributed by atoms with E-state index in [1.807, 2.05) is 0 Å². The smallest absolute Gasteiger partial charge is 0.307 e. The lowest BCUT2D eigenvalue weighted by Gasteiger charge is -2.00. The third-order valence-corrected chi connectivity index (χ3v) is 1.11. The van der Waals surface area contributed by atoms with Crippen LogP contribution < -0.4 is 5.73 Å². The predicted octanol–water partition coefficient (Wildman–Crippen LogP) is 1.10. The van der Waals surface area contributed by atoms with E-state index in [4.69, 9.17) is 10.5 Å². The molecule has 0 aromatic rings. The Bertz CT molecular complexity index is 98.4. The quantitative estimate of drug-likeness (QED) is 0.511. The third-order valence-electron chi connectivity index (χ3n) is 1.11. The van der Waals surface area contributed by atoms with Crippen molar-refractivity contribution in [1.29, 1.82) is 0 Å². The van der Waals surface area contributed by atoms with Gasteiger partial charge in [0.05, 0.1) is 13.0 Å². The Labute approximate surface area is 73.7 Å². The van der Waals surface area contributed by atoms with Crippen molar-refractivity contribution in [1.82, 2.24) is 0 Å². The van der Waals surface area contributed by atoms with Crippen molar-refractivity contribution in [3.05, 3.63) is 0 Å². The number of halogens is 1. The van der Waals surface area contributed by atoms with Gasteiger partial charge in [-0.3, -0.25) is 4.79 Å². The van der Waals surface area contributed by atoms with Crippen molar-refractivity contribution in [3.8, 4) is 0 Å². The number of esters is 1. The molecule has 2 N–H and O–H groups in total. The monoisotopic (exact) mass is 181 g/mol. The fourth-order valence-corrected chi connectivity index (χ4v) is 0.520. The lowest BCUT2D eigenvalue weighted by Crippen LogP contribution is -2.11. The standard InChI is InChI=1S/C7H15NO2.ClH/c1-2-3-6-10-7(9)4-5-8;/h2-6,8H2,1H3;1H. The van der Waals surface area contributed by atoms with Gasteiger partial charge in [0.2, 0.25) is 0 Å². The number of hydrogen-bond donors (Lipinski definition) is 1. The number of unbranched alkanes of at least 4 members (excludes halogenated alkanes) is 1. The number of nitrogens with two attached hydrogens (primary N) is 1. The first-order valence-electron chi connectivity index (χ1n) is 3.67. The average Bonchev–Trinajstić information content (AvgIpc) is 1.89. The SMILES string of the molecule is CCCCOC(=O)CCN.Cl. The van der Waals surface area contributed by atoms with Gasteiger partial charge in [0.25, 0.3) is 0 Å². The molecule has 3 nitrogen and oxygen atoms in total. The van der Waals surface area contributed by atoms with Gasteiger partial charge in [0.1, 0.15) is 0 Å². The van der Waals surface area contributed by atoms with Crippen LogP contribution >= 0.6 is 12.4 Å². The van der Waals surface area contributed by atoms with E-state index in [1.165, 1.54) is 0 Å². The van der Waals surface area contributed by atoms with E-state index in [0.717, 1.165) is 12.8 Å². The summed E-state index contributed by atoms with van der Waals surface area (Å²) in [6.45, 7) is 2.97. The largest absolute Gasteiger partial charge is 0.466 e. The highest BCUT2D eigenvalue weighted by atomic mass is 35.5. The van der Waals surface area contributed by atoms with E-state index in [0.29, 0.717) is 19.6 Å². The maximum absolute atomic E-state index is 10.6. The lowest BCUT2D eigenvalue weighted by atomic mass is 10.3. The van der Waals surface area contributed by atoms with Gasteiger partial charge in [0, 0.05) is 6.54 Å². The van der Waals surface area contributed by atoms with Gasteiger partial charge in [-0.05, 0) is 6.42 Å². The first kappa shape index (κ1) is 13.3. The normalized spacial score (nSPS) is 8.55. The lowest BCUT2D eigenvalue weighted by molar-refractivity contribution is -0.143. The van der Waals surface area contributed by atoms with Crippen molar-refractivity contribution < 1.29 is 9.53 Å². The van der Waals surface area contributed by atoms with Gasteiger partial charge < -0.3 is 10.5 Å². The van der Waals surface area contributed by atoms with Crippen LogP contribution in [-0.4, -0.2) is 19.1 Å². The van der Waals surface area contributed by atoms with Crippen LogP contribution in [0.25, 0.3) is 0 Å². The summed E-state index contributed by atoms with van der Waals surface area (Å²) < 4.78 is 4.80. The van der Waals surface area contributed by atoms with Crippen LogP contribution in [0.5, 0.6) is 0 Å². The molecule has 0 fully saturated rings. The summed E-state index contributed by atoms with van der Waals surface area (Å²) in [5.41, 5.74) is 5.13. The molecule has 0 aliphatic heterocycles. The van der Waals surface area contributed by atoms with Crippen molar-refractivity contribution >= 4 is 18.4 Å². The summed E-state index contributed by atoms with van der Waals surface area (Å²) in [6, 6.07) is 0. The highest BCUT2D eigenvalue weighted by Gasteiger charge is 1.97. The molecule has 0 aromatic heterocycles. The number of rotatable bonds is 5. The zero-order chi connectivity index (χ0) is 7.82. The summed E-state index contributed by atoms with van der Waals surface area (Å²) in [7, 11) is 0. The van der Waals surface area contributed by atoms with Crippen molar-refractivity contribution in [2.24, 2.45) is 5.73 Å². The minimum Gasteiger partial charge on any atom is -0.466 e. The number of carbonyl (C=O) groups is 1. The summed E-state index contributed by atoms with van der Waals surface area (Å²) >= 11 is 0. The minimum absolute atomic E-state index is 0. The van der Waals surface area contributed by atoms with Gasteiger partial charge in [0.15, 0.2) is 0 Å². The highest BCUT2D eigenvalue weighted by molar-refractivity contribution is 5.85. The van der Waals surface area contributed by atoms with E-state index >= 15 is 0 Å². The molecule has 0 heterocycles. The molecular formula is C7H16ClNO2. The molecular weight excluding hydrogens is 166 g/mol. The summed E-state index contributed by atoms with van der Waals surface area (Å²) in [5.74, 6) is -0.184. The Kier molecular flexibility index (Phi) is 11.8. The van der Waals surface area contributed by atoms with Gasteiger partial charge in [-0.1, -0.05) is 13.3 Å². The van der Waals surface area contributed by atoms with Crippen LogP contribution in [0.15, 0.2) is 0 Å². The number of hydrogen-bond acceptors (Lipinski definition) is 3. The molecule has 0 spiro atoms. The van der Waals surface area contributed by atoms with Crippen LogP contribution in [-0.2, 0) is 9.53 Å². The van der Waals surface area contributed by atoms with Crippen LogP contribution in [0.3, 0.4) is 0 Å². The predicted molar refractivity (Wildman–Crippen MR) is 46.8 cm³/mol. The molecule has 11 heavy (non-hydrogen) atoms. The summed E-state index contributed by atoms with van der Waals surface area (Å²) in [5, 5.41) is 0. The minimum atomic E-state index is -0.184.